The molecule has 1 fully saturated rings. The van der Waals surface area contributed by atoms with Gasteiger partial charge in [-0.05, 0) is 31.1 Å². The van der Waals surface area contributed by atoms with Crippen LogP contribution in [0, 0.1) is 17.8 Å². The van der Waals surface area contributed by atoms with Crippen LogP contribution in [0.15, 0.2) is 12.3 Å². The van der Waals surface area contributed by atoms with Crippen molar-refractivity contribution in [2.24, 2.45) is 17.8 Å². The van der Waals surface area contributed by atoms with Crippen LogP contribution in [0.25, 0.3) is 0 Å². The van der Waals surface area contributed by atoms with Crippen molar-refractivity contribution >= 4 is 11.9 Å². The molecule has 0 radical (unpaired) electrons. The summed E-state index contributed by atoms with van der Waals surface area (Å²) in [5.74, 6) is -0.555. The third-order valence-electron chi connectivity index (χ3n) is 5.43. The molecule has 0 aliphatic carbocycles. The number of hydrogen-bond acceptors (Lipinski definition) is 7. The Morgan fingerprint density at radius 1 is 1.38 bits per heavy atom. The van der Waals surface area contributed by atoms with Gasteiger partial charge in [0.15, 0.2) is 23.2 Å². The number of carbonyl (C=O) groups excluding carboxylic acids is 2. The average molecular weight is 408 g/mol. The van der Waals surface area contributed by atoms with E-state index in [-0.39, 0.29) is 41.7 Å². The molecule has 2 rings (SSSR count). The number of aromatic nitrogens is 1. The van der Waals surface area contributed by atoms with E-state index < -0.39 is 17.9 Å². The monoisotopic (exact) mass is 408 g/mol. The lowest BCUT2D eigenvalue weighted by molar-refractivity contribution is -0.153. The largest absolute Gasteiger partial charge is 0.503 e. The van der Waals surface area contributed by atoms with E-state index >= 15 is 0 Å². The van der Waals surface area contributed by atoms with Gasteiger partial charge in [-0.3, -0.25) is 4.79 Å². The van der Waals surface area contributed by atoms with Crippen LogP contribution < -0.4 is 10.1 Å². The minimum atomic E-state index is -0.992. The highest BCUT2D eigenvalue weighted by molar-refractivity contribution is 5.98. The van der Waals surface area contributed by atoms with Crippen LogP contribution in [-0.4, -0.2) is 54.4 Å². The third-order valence-corrected chi connectivity index (χ3v) is 5.43. The zero-order valence-corrected chi connectivity index (χ0v) is 17.8. The first-order valence-corrected chi connectivity index (χ1v) is 10.1. The first-order chi connectivity index (χ1) is 13.7. The van der Waals surface area contributed by atoms with Gasteiger partial charge in [0.2, 0.25) is 0 Å². The summed E-state index contributed by atoms with van der Waals surface area (Å²) in [5.41, 5.74) is -0.228. The van der Waals surface area contributed by atoms with Gasteiger partial charge >= 0.3 is 5.97 Å². The third kappa shape index (κ3) is 6.06. The van der Waals surface area contributed by atoms with E-state index in [2.05, 4.69) is 31.1 Å². The Morgan fingerprint density at radius 2 is 2.10 bits per heavy atom. The predicted molar refractivity (Wildman–Crippen MR) is 107 cm³/mol. The number of carbonyl (C=O) groups is 2. The van der Waals surface area contributed by atoms with E-state index in [1.807, 2.05) is 6.92 Å². The number of aromatic hydroxyl groups is 1. The van der Waals surface area contributed by atoms with E-state index in [1.54, 1.807) is 0 Å². The topological polar surface area (TPSA) is 107 Å². The molecular formula is C21H32N2O6. The summed E-state index contributed by atoms with van der Waals surface area (Å²) in [6, 6.07) is 0.442. The fraction of sp³-hybridized carbons (Fsp3) is 0.667. The second-order valence-electron chi connectivity index (χ2n) is 8.01. The number of cyclic esters (lactones) is 1. The molecule has 162 valence electrons. The van der Waals surface area contributed by atoms with Gasteiger partial charge in [0.05, 0.1) is 13.7 Å². The Morgan fingerprint density at radius 3 is 2.76 bits per heavy atom. The highest BCUT2D eigenvalue weighted by atomic mass is 16.6. The smallest absolute Gasteiger partial charge is 0.331 e. The summed E-state index contributed by atoms with van der Waals surface area (Å²) >= 11 is 0. The second kappa shape index (κ2) is 10.4. The highest BCUT2D eigenvalue weighted by Gasteiger charge is 2.33. The fourth-order valence-electron chi connectivity index (χ4n) is 3.30. The van der Waals surface area contributed by atoms with E-state index in [4.69, 9.17) is 14.2 Å². The maximum absolute atomic E-state index is 12.6. The lowest BCUT2D eigenvalue weighted by Gasteiger charge is -2.28. The number of rotatable bonds is 6. The average Bonchev–Trinajstić information content (AvgIpc) is 2.72. The van der Waals surface area contributed by atoms with Crippen molar-refractivity contribution in [3.63, 3.8) is 0 Å². The van der Waals surface area contributed by atoms with Crippen LogP contribution in [0.5, 0.6) is 11.5 Å². The van der Waals surface area contributed by atoms with Crippen LogP contribution in [0.1, 0.15) is 51.0 Å². The molecule has 1 amide bonds. The van der Waals surface area contributed by atoms with Crippen LogP contribution in [0.2, 0.25) is 0 Å². The molecule has 8 heteroatoms. The van der Waals surface area contributed by atoms with E-state index in [9.17, 15) is 14.7 Å². The number of amides is 1. The van der Waals surface area contributed by atoms with Crippen molar-refractivity contribution < 1.29 is 28.9 Å². The maximum atomic E-state index is 12.6. The molecule has 1 aliphatic rings. The molecule has 0 unspecified atom stereocenters. The summed E-state index contributed by atoms with van der Waals surface area (Å²) in [4.78, 5) is 29.0. The lowest BCUT2D eigenvalue weighted by Crippen LogP contribution is -2.46. The highest BCUT2D eigenvalue weighted by Crippen LogP contribution is 2.28. The number of esters is 1. The van der Waals surface area contributed by atoms with Gasteiger partial charge in [-0.2, -0.15) is 0 Å². The molecule has 0 aromatic carbocycles. The zero-order valence-electron chi connectivity index (χ0n) is 17.8. The zero-order chi connectivity index (χ0) is 21.6. The summed E-state index contributed by atoms with van der Waals surface area (Å²) in [6.07, 6.45) is 3.09. The van der Waals surface area contributed by atoms with Gasteiger partial charge < -0.3 is 24.6 Å². The first kappa shape index (κ1) is 22.9. The Labute approximate surface area is 171 Å². The molecule has 8 nitrogen and oxygen atoms in total. The number of nitrogens with zero attached hydrogens (tertiary/aromatic N) is 1. The molecule has 1 aromatic rings. The lowest BCUT2D eigenvalue weighted by atomic mass is 9.85. The second-order valence-corrected chi connectivity index (χ2v) is 8.01. The van der Waals surface area contributed by atoms with Gasteiger partial charge in [0.1, 0.15) is 6.10 Å². The first-order valence-electron chi connectivity index (χ1n) is 10.1. The molecule has 1 aromatic heterocycles. The van der Waals surface area contributed by atoms with Crippen molar-refractivity contribution in [3.8, 4) is 11.5 Å². The number of pyridine rings is 1. The molecule has 2 heterocycles. The van der Waals surface area contributed by atoms with Crippen molar-refractivity contribution in [1.82, 2.24) is 10.3 Å². The Balaban J connectivity index is 2.10. The van der Waals surface area contributed by atoms with Crippen molar-refractivity contribution in [2.45, 2.75) is 52.7 Å². The van der Waals surface area contributed by atoms with Crippen molar-refractivity contribution in [1.29, 1.82) is 0 Å². The van der Waals surface area contributed by atoms with E-state index in [0.29, 0.717) is 12.5 Å². The molecule has 1 saturated heterocycles. The van der Waals surface area contributed by atoms with Gasteiger partial charge in [0, 0.05) is 18.9 Å². The molecular weight excluding hydrogens is 376 g/mol. The Hall–Kier alpha value is -2.35. The van der Waals surface area contributed by atoms with Crippen LogP contribution >= 0.6 is 0 Å². The summed E-state index contributed by atoms with van der Waals surface area (Å²) < 4.78 is 16.4. The van der Waals surface area contributed by atoms with Gasteiger partial charge in [-0.25, -0.2) is 9.78 Å². The molecule has 0 saturated carbocycles. The Kier molecular flexibility index (Phi) is 8.25. The van der Waals surface area contributed by atoms with E-state index in [0.717, 1.165) is 12.8 Å². The molecule has 0 bridgehead atoms. The van der Waals surface area contributed by atoms with Crippen molar-refractivity contribution in [3.05, 3.63) is 18.0 Å². The number of nitrogens with one attached hydrogen (secondary N) is 1. The normalized spacial score (nSPS) is 25.5. The van der Waals surface area contributed by atoms with Crippen LogP contribution in [0.3, 0.4) is 0 Å². The molecule has 1 aliphatic heterocycles. The van der Waals surface area contributed by atoms with Crippen molar-refractivity contribution in [2.75, 3.05) is 20.3 Å². The quantitative estimate of drug-likeness (QED) is 0.697. The minimum absolute atomic E-state index is 0.00702. The summed E-state index contributed by atoms with van der Waals surface area (Å²) in [6.45, 7) is 8.76. The molecule has 29 heavy (non-hydrogen) atoms. The molecule has 2 N–H and O–H groups in total. The number of ether oxygens (including phenoxy) is 3. The number of hydrogen-bond donors (Lipinski definition) is 2. The molecule has 0 spiro atoms. The van der Waals surface area contributed by atoms with Gasteiger partial charge in [0.25, 0.3) is 5.91 Å². The van der Waals surface area contributed by atoms with Crippen LogP contribution in [0.4, 0.5) is 0 Å². The van der Waals surface area contributed by atoms with Crippen LogP contribution in [-0.2, 0) is 14.3 Å². The maximum Gasteiger partial charge on any atom is 0.331 e. The fourth-order valence-corrected chi connectivity index (χ4v) is 3.30. The molecule has 4 atom stereocenters. The summed E-state index contributed by atoms with van der Waals surface area (Å²) in [5, 5.41) is 12.7. The minimum Gasteiger partial charge on any atom is -0.503 e. The summed E-state index contributed by atoms with van der Waals surface area (Å²) in [7, 11) is 1.37. The van der Waals surface area contributed by atoms with E-state index in [1.165, 1.54) is 19.4 Å². The standard InChI is InChI=1S/C21H32N2O6/c1-12(2)6-7-15-10-28-11-16(21(26)29-14(4)13(15)3)23-20(25)18-19(24)17(27-5)8-9-22-18/h8-9,12-16,24H,6-7,10-11H2,1-5H3,(H,23,25)/t13-,14-,15-,16-/m0/s1. The SMILES string of the molecule is COc1ccnc(C(=O)N[C@H]2COC[C@H](CCC(C)C)[C@@H](C)[C@H](C)OC2=O)c1O. The van der Waals surface area contributed by atoms with Gasteiger partial charge in [-0.1, -0.05) is 27.2 Å². The Bertz CT molecular complexity index is 708. The number of methoxy groups -OCH3 is 1. The van der Waals surface area contributed by atoms with Gasteiger partial charge in [-0.15, -0.1) is 0 Å². The predicted octanol–water partition coefficient (Wildman–Crippen LogP) is 2.54.